The van der Waals surface area contributed by atoms with E-state index in [-0.39, 0.29) is 0 Å². The van der Waals surface area contributed by atoms with E-state index in [0.29, 0.717) is 0 Å². The highest BCUT2D eigenvalue weighted by Gasteiger charge is 2.12. The Morgan fingerprint density at radius 1 is 1.35 bits per heavy atom. The Balaban J connectivity index is 1.95. The van der Waals surface area contributed by atoms with Crippen molar-refractivity contribution in [3.8, 4) is 0 Å². The van der Waals surface area contributed by atoms with E-state index in [1.807, 2.05) is 12.4 Å². The Morgan fingerprint density at radius 2 is 2.18 bits per heavy atom. The van der Waals surface area contributed by atoms with Gasteiger partial charge in [-0.15, -0.1) is 0 Å². The summed E-state index contributed by atoms with van der Waals surface area (Å²) < 4.78 is 5.33. The number of anilines is 1. The topological polar surface area (TPSA) is 50.3 Å². The van der Waals surface area contributed by atoms with Crippen LogP contribution in [0.15, 0.2) is 12.4 Å². The summed E-state index contributed by atoms with van der Waals surface area (Å²) in [5, 5.41) is 3.34. The van der Waals surface area contributed by atoms with Crippen LogP contribution in [0.3, 0.4) is 0 Å². The summed E-state index contributed by atoms with van der Waals surface area (Å²) in [4.78, 5) is 11.1. The second kappa shape index (κ2) is 6.51. The lowest BCUT2D eigenvalue weighted by Gasteiger charge is -2.27. The zero-order valence-corrected chi connectivity index (χ0v) is 10.4. The van der Waals surface area contributed by atoms with E-state index in [0.717, 1.165) is 57.3 Å². The van der Waals surface area contributed by atoms with Gasteiger partial charge < -0.3 is 15.0 Å². The monoisotopic (exact) mass is 236 g/mol. The Morgan fingerprint density at radius 3 is 2.94 bits per heavy atom. The number of nitrogens with zero attached hydrogens (tertiary/aromatic N) is 3. The maximum absolute atomic E-state index is 5.33. The Bertz CT molecular complexity index is 339. The van der Waals surface area contributed by atoms with Crippen LogP contribution in [0, 0.1) is 0 Å². The van der Waals surface area contributed by atoms with Gasteiger partial charge in [-0.2, -0.15) is 0 Å². The van der Waals surface area contributed by atoms with Crippen LogP contribution >= 0.6 is 0 Å². The Hall–Kier alpha value is -1.20. The van der Waals surface area contributed by atoms with Crippen molar-refractivity contribution in [2.45, 2.75) is 19.9 Å². The number of ether oxygens (including phenoxy) is 1. The van der Waals surface area contributed by atoms with Crippen molar-refractivity contribution < 1.29 is 4.74 Å². The third-order valence-corrected chi connectivity index (χ3v) is 2.74. The first-order valence-corrected chi connectivity index (χ1v) is 6.24. The van der Waals surface area contributed by atoms with E-state index < -0.39 is 0 Å². The van der Waals surface area contributed by atoms with E-state index in [4.69, 9.17) is 4.74 Å². The molecule has 1 aromatic heterocycles. The molecule has 0 saturated carbocycles. The van der Waals surface area contributed by atoms with Crippen LogP contribution in [0.5, 0.6) is 0 Å². The normalized spacial score (nSPS) is 16.2. The molecule has 5 nitrogen and oxygen atoms in total. The lowest BCUT2D eigenvalue weighted by molar-refractivity contribution is 0.122. The molecule has 1 aliphatic heterocycles. The van der Waals surface area contributed by atoms with Crippen molar-refractivity contribution in [2.75, 3.05) is 37.7 Å². The molecule has 5 heteroatoms. The molecule has 2 heterocycles. The molecule has 2 rings (SSSR count). The number of rotatable bonds is 5. The average Bonchev–Trinajstić information content (AvgIpc) is 2.41. The van der Waals surface area contributed by atoms with Crippen molar-refractivity contribution in [3.63, 3.8) is 0 Å². The van der Waals surface area contributed by atoms with Crippen molar-refractivity contribution in [2.24, 2.45) is 0 Å². The smallest absolute Gasteiger partial charge is 0.147 e. The summed E-state index contributed by atoms with van der Waals surface area (Å²) in [5.74, 6) is 0.962. The number of nitrogens with one attached hydrogen (secondary N) is 1. The fourth-order valence-corrected chi connectivity index (χ4v) is 1.82. The number of hydrogen-bond acceptors (Lipinski definition) is 5. The first-order valence-electron chi connectivity index (χ1n) is 6.24. The molecule has 0 aliphatic carbocycles. The van der Waals surface area contributed by atoms with Gasteiger partial charge >= 0.3 is 0 Å². The van der Waals surface area contributed by atoms with Crippen LogP contribution < -0.4 is 10.2 Å². The van der Waals surface area contributed by atoms with Gasteiger partial charge in [-0.3, -0.25) is 4.98 Å². The Labute approximate surface area is 102 Å². The lowest BCUT2D eigenvalue weighted by Crippen LogP contribution is -2.37. The van der Waals surface area contributed by atoms with Crippen LogP contribution in [-0.2, 0) is 11.3 Å². The van der Waals surface area contributed by atoms with Gasteiger partial charge in [0, 0.05) is 25.8 Å². The third kappa shape index (κ3) is 3.64. The van der Waals surface area contributed by atoms with Crippen molar-refractivity contribution in [1.29, 1.82) is 0 Å². The summed E-state index contributed by atoms with van der Waals surface area (Å²) >= 11 is 0. The molecule has 1 aromatic rings. The fourth-order valence-electron chi connectivity index (χ4n) is 1.82. The van der Waals surface area contributed by atoms with E-state index in [2.05, 4.69) is 27.1 Å². The molecule has 17 heavy (non-hydrogen) atoms. The first-order chi connectivity index (χ1) is 8.40. The first kappa shape index (κ1) is 12.3. The minimum absolute atomic E-state index is 0.778. The van der Waals surface area contributed by atoms with Crippen molar-refractivity contribution >= 4 is 5.82 Å². The molecule has 0 radical (unpaired) electrons. The molecule has 94 valence electrons. The van der Waals surface area contributed by atoms with Crippen LogP contribution in [0.2, 0.25) is 0 Å². The molecular weight excluding hydrogens is 216 g/mol. The lowest BCUT2D eigenvalue weighted by atomic mass is 10.4. The largest absolute Gasteiger partial charge is 0.378 e. The molecule has 0 atom stereocenters. The van der Waals surface area contributed by atoms with E-state index in [1.54, 1.807) is 0 Å². The molecule has 1 fully saturated rings. The molecule has 0 spiro atoms. The zero-order valence-electron chi connectivity index (χ0n) is 10.4. The SMILES string of the molecule is CCCNCc1cncc(N2CCOCC2)n1. The second-order valence-electron chi connectivity index (χ2n) is 4.14. The van der Waals surface area contributed by atoms with Gasteiger partial charge in [-0.1, -0.05) is 6.92 Å². The van der Waals surface area contributed by atoms with Gasteiger partial charge in [0.25, 0.3) is 0 Å². The summed E-state index contributed by atoms with van der Waals surface area (Å²) in [6.45, 7) is 7.33. The van der Waals surface area contributed by atoms with Gasteiger partial charge in [-0.25, -0.2) is 4.98 Å². The molecule has 0 bridgehead atoms. The third-order valence-electron chi connectivity index (χ3n) is 2.74. The summed E-state index contributed by atoms with van der Waals surface area (Å²) in [6, 6.07) is 0. The Kier molecular flexibility index (Phi) is 4.70. The molecule has 1 aliphatic rings. The number of aromatic nitrogens is 2. The predicted octanol–water partition coefficient (Wildman–Crippen LogP) is 0.813. The molecule has 1 N–H and O–H groups in total. The maximum atomic E-state index is 5.33. The van der Waals surface area contributed by atoms with Crippen molar-refractivity contribution in [3.05, 3.63) is 18.1 Å². The minimum Gasteiger partial charge on any atom is -0.378 e. The van der Waals surface area contributed by atoms with E-state index in [1.165, 1.54) is 0 Å². The highest BCUT2D eigenvalue weighted by Crippen LogP contribution is 2.11. The van der Waals surface area contributed by atoms with E-state index >= 15 is 0 Å². The van der Waals surface area contributed by atoms with Gasteiger partial charge in [0.05, 0.1) is 25.1 Å². The average molecular weight is 236 g/mol. The summed E-state index contributed by atoms with van der Waals surface area (Å²) in [6.07, 6.45) is 4.79. The maximum Gasteiger partial charge on any atom is 0.147 e. The zero-order chi connectivity index (χ0) is 11.9. The second-order valence-corrected chi connectivity index (χ2v) is 4.14. The predicted molar refractivity (Wildman–Crippen MR) is 67.1 cm³/mol. The van der Waals surface area contributed by atoms with Crippen LogP contribution in [-0.4, -0.2) is 42.8 Å². The molecule has 0 aromatic carbocycles. The van der Waals surface area contributed by atoms with Gasteiger partial charge in [-0.05, 0) is 13.0 Å². The van der Waals surface area contributed by atoms with Gasteiger partial charge in [0.1, 0.15) is 5.82 Å². The van der Waals surface area contributed by atoms with Crippen LogP contribution in [0.4, 0.5) is 5.82 Å². The van der Waals surface area contributed by atoms with Crippen molar-refractivity contribution in [1.82, 2.24) is 15.3 Å². The molecule has 1 saturated heterocycles. The molecular formula is C12H20N4O. The number of morpholine rings is 1. The molecule has 0 unspecified atom stereocenters. The minimum atomic E-state index is 0.778. The number of hydrogen-bond donors (Lipinski definition) is 1. The highest BCUT2D eigenvalue weighted by atomic mass is 16.5. The van der Waals surface area contributed by atoms with Gasteiger partial charge in [0.15, 0.2) is 0 Å². The van der Waals surface area contributed by atoms with Gasteiger partial charge in [0.2, 0.25) is 0 Å². The quantitative estimate of drug-likeness (QED) is 0.767. The van der Waals surface area contributed by atoms with Crippen LogP contribution in [0.25, 0.3) is 0 Å². The van der Waals surface area contributed by atoms with E-state index in [9.17, 15) is 0 Å². The summed E-state index contributed by atoms with van der Waals surface area (Å²) in [5.41, 5.74) is 1.00. The summed E-state index contributed by atoms with van der Waals surface area (Å²) in [7, 11) is 0. The molecule has 0 amide bonds. The standard InChI is InChI=1S/C12H20N4O/c1-2-3-13-8-11-9-14-10-12(15-11)16-4-6-17-7-5-16/h9-10,13H,2-8H2,1H3. The van der Waals surface area contributed by atoms with Crippen LogP contribution in [0.1, 0.15) is 19.0 Å². The fraction of sp³-hybridized carbons (Fsp3) is 0.667. The highest BCUT2D eigenvalue weighted by molar-refractivity contribution is 5.36.